The quantitative estimate of drug-likeness (QED) is 0.258. The molecule has 1 heterocycles. The van der Waals surface area contributed by atoms with Gasteiger partial charge in [0, 0.05) is 22.0 Å². The highest BCUT2D eigenvalue weighted by atomic mass is 35.5. The van der Waals surface area contributed by atoms with Crippen LogP contribution in [0, 0.1) is 13.8 Å². The van der Waals surface area contributed by atoms with E-state index in [-0.39, 0.29) is 11.8 Å². The number of hydrogen-bond acceptors (Lipinski definition) is 3. The van der Waals surface area contributed by atoms with Crippen LogP contribution in [0.4, 0.5) is 5.69 Å². The van der Waals surface area contributed by atoms with Crippen LogP contribution in [0.1, 0.15) is 38.2 Å². The van der Waals surface area contributed by atoms with Gasteiger partial charge < -0.3 is 10.2 Å². The molecule has 0 unspecified atom stereocenters. The van der Waals surface area contributed by atoms with E-state index in [4.69, 9.17) is 11.6 Å². The normalized spacial score (nSPS) is 13.9. The first kappa shape index (κ1) is 25.8. The van der Waals surface area contributed by atoms with E-state index >= 15 is 0 Å². The summed E-state index contributed by atoms with van der Waals surface area (Å²) in [5, 5.41) is 3.59. The third-order valence-corrected chi connectivity index (χ3v) is 7.83. The summed E-state index contributed by atoms with van der Waals surface area (Å²) in [5.41, 5.74) is 6.79. The van der Waals surface area contributed by atoms with Gasteiger partial charge >= 0.3 is 0 Å². The number of benzene rings is 4. The summed E-state index contributed by atoms with van der Waals surface area (Å²) < 4.78 is 0. The van der Waals surface area contributed by atoms with Gasteiger partial charge in [0.25, 0.3) is 11.8 Å². The Bertz CT molecular complexity index is 1530. The van der Waals surface area contributed by atoms with Crippen LogP contribution in [0.2, 0.25) is 5.02 Å². The van der Waals surface area contributed by atoms with Crippen LogP contribution in [0.3, 0.4) is 0 Å². The highest BCUT2D eigenvalue weighted by Crippen LogP contribution is 2.42. The molecular formula is C32H27ClN2O2S. The first-order valence-electron chi connectivity index (χ1n) is 12.4. The molecule has 190 valence electrons. The van der Waals surface area contributed by atoms with Gasteiger partial charge in [-0.15, -0.1) is 0 Å². The van der Waals surface area contributed by atoms with E-state index in [9.17, 15) is 9.59 Å². The first-order valence-corrected chi connectivity index (χ1v) is 13.6. The number of amides is 2. The zero-order chi connectivity index (χ0) is 26.6. The molecule has 0 radical (unpaired) electrons. The van der Waals surface area contributed by atoms with Crippen LogP contribution in [-0.2, 0) is 17.9 Å². The molecule has 0 aromatic heterocycles. The van der Waals surface area contributed by atoms with Crippen molar-refractivity contribution in [2.24, 2.45) is 0 Å². The van der Waals surface area contributed by atoms with Crippen LogP contribution in [-0.4, -0.2) is 11.8 Å². The number of carbonyl (C=O) groups is 2. The fourth-order valence-electron chi connectivity index (χ4n) is 4.33. The van der Waals surface area contributed by atoms with Gasteiger partial charge in [0.05, 0.1) is 17.1 Å². The molecule has 6 heteroatoms. The van der Waals surface area contributed by atoms with E-state index in [2.05, 4.69) is 37.4 Å². The Morgan fingerprint density at radius 2 is 1.68 bits per heavy atom. The Hall–Kier alpha value is -3.80. The number of nitrogens with one attached hydrogen (secondary N) is 1. The van der Waals surface area contributed by atoms with E-state index in [0.29, 0.717) is 28.6 Å². The molecule has 1 N–H and O–H groups in total. The topological polar surface area (TPSA) is 49.4 Å². The van der Waals surface area contributed by atoms with Gasteiger partial charge in [-0.25, -0.2) is 0 Å². The van der Waals surface area contributed by atoms with Crippen molar-refractivity contribution in [3.63, 3.8) is 0 Å². The largest absolute Gasteiger partial charge is 0.348 e. The van der Waals surface area contributed by atoms with Crippen molar-refractivity contribution in [1.82, 2.24) is 5.32 Å². The molecule has 1 aliphatic rings. The van der Waals surface area contributed by atoms with Crippen LogP contribution < -0.4 is 10.2 Å². The molecule has 0 saturated heterocycles. The van der Waals surface area contributed by atoms with Crippen LogP contribution >= 0.6 is 23.4 Å². The third kappa shape index (κ3) is 5.85. The predicted octanol–water partition coefficient (Wildman–Crippen LogP) is 7.57. The van der Waals surface area contributed by atoms with Crippen LogP contribution in [0.15, 0.2) is 101 Å². The number of carbonyl (C=O) groups excluding carboxylic acids is 2. The van der Waals surface area contributed by atoms with Crippen molar-refractivity contribution in [2.45, 2.75) is 31.8 Å². The number of anilines is 1. The number of nitrogens with zero attached hydrogens (tertiary/aromatic N) is 1. The van der Waals surface area contributed by atoms with E-state index < -0.39 is 0 Å². The minimum Gasteiger partial charge on any atom is -0.348 e. The maximum Gasteiger partial charge on any atom is 0.265 e. The number of aryl methyl sites for hydroxylation is 2. The molecule has 4 aromatic carbocycles. The fraction of sp³-hybridized carbons (Fsp3) is 0.125. The lowest BCUT2D eigenvalue weighted by Gasteiger charge is -2.31. The number of hydrogen-bond donors (Lipinski definition) is 1. The second-order valence-electron chi connectivity index (χ2n) is 9.33. The lowest BCUT2D eigenvalue weighted by atomic mass is 10.0. The summed E-state index contributed by atoms with van der Waals surface area (Å²) in [6, 6.07) is 29.0. The Balaban J connectivity index is 1.34. The van der Waals surface area contributed by atoms with Crippen molar-refractivity contribution in [3.05, 3.63) is 134 Å². The number of halogens is 1. The second-order valence-corrected chi connectivity index (χ2v) is 10.9. The predicted molar refractivity (Wildman–Crippen MR) is 156 cm³/mol. The molecule has 4 nitrogen and oxygen atoms in total. The van der Waals surface area contributed by atoms with Crippen LogP contribution in [0.25, 0.3) is 6.08 Å². The third-order valence-electron chi connectivity index (χ3n) is 6.50. The van der Waals surface area contributed by atoms with E-state index in [1.54, 1.807) is 24.3 Å². The van der Waals surface area contributed by atoms with Crippen molar-refractivity contribution in [1.29, 1.82) is 0 Å². The molecule has 0 bridgehead atoms. The summed E-state index contributed by atoms with van der Waals surface area (Å²) in [4.78, 5) is 29.8. The zero-order valence-corrected chi connectivity index (χ0v) is 22.8. The molecule has 1 aliphatic heterocycles. The Morgan fingerprint density at radius 3 is 2.45 bits per heavy atom. The molecule has 0 atom stereocenters. The smallest absolute Gasteiger partial charge is 0.265 e. The average Bonchev–Trinajstić information content (AvgIpc) is 2.93. The summed E-state index contributed by atoms with van der Waals surface area (Å²) >= 11 is 7.41. The molecule has 0 aliphatic carbocycles. The molecule has 0 fully saturated rings. The number of rotatable bonds is 6. The molecule has 5 rings (SSSR count). The monoisotopic (exact) mass is 538 g/mol. The van der Waals surface area contributed by atoms with Gasteiger partial charge in [-0.2, -0.15) is 0 Å². The maximum absolute atomic E-state index is 13.7. The molecule has 2 amide bonds. The average molecular weight is 539 g/mol. The zero-order valence-electron chi connectivity index (χ0n) is 21.2. The molecule has 4 aromatic rings. The summed E-state index contributed by atoms with van der Waals surface area (Å²) in [6.45, 7) is 5.07. The Kier molecular flexibility index (Phi) is 7.68. The van der Waals surface area contributed by atoms with Gasteiger partial charge in [0.15, 0.2) is 0 Å². The molecular weight excluding hydrogens is 512 g/mol. The second kappa shape index (κ2) is 11.3. The highest BCUT2D eigenvalue weighted by molar-refractivity contribution is 8.04. The molecule has 0 spiro atoms. The summed E-state index contributed by atoms with van der Waals surface area (Å²) in [5.74, 6) is -0.185. The van der Waals surface area contributed by atoms with Gasteiger partial charge in [0.1, 0.15) is 0 Å². The highest BCUT2D eigenvalue weighted by Gasteiger charge is 2.29. The SMILES string of the molecule is Cc1ccc(C)c(CN2C(=O)C(=Cc3ccc(C(=O)NCc4ccc(Cl)cc4)cc3)Sc3ccccc32)c1. The minimum absolute atomic E-state index is 0.0283. The fourth-order valence-corrected chi connectivity index (χ4v) is 5.51. The lowest BCUT2D eigenvalue weighted by molar-refractivity contribution is -0.114. The molecule has 38 heavy (non-hydrogen) atoms. The summed E-state index contributed by atoms with van der Waals surface area (Å²) in [7, 11) is 0. The van der Waals surface area contributed by atoms with Gasteiger partial charge in [-0.05, 0) is 78.6 Å². The van der Waals surface area contributed by atoms with Crippen LogP contribution in [0.5, 0.6) is 0 Å². The summed E-state index contributed by atoms with van der Waals surface area (Å²) in [6.07, 6.45) is 1.90. The standard InChI is InChI=1S/C32H27ClN2O2S/c1-21-7-8-22(2)26(17-21)20-35-28-5-3-4-6-29(28)38-30(32(35)37)18-23-9-13-25(14-10-23)31(36)34-19-24-11-15-27(33)16-12-24/h3-18H,19-20H2,1-2H3,(H,34,36). The lowest BCUT2D eigenvalue weighted by Crippen LogP contribution is -2.34. The maximum atomic E-state index is 13.7. The van der Waals surface area contributed by atoms with Crippen molar-refractivity contribution in [2.75, 3.05) is 4.90 Å². The number of thioether (sulfide) groups is 1. The van der Waals surface area contributed by atoms with Gasteiger partial charge in [-0.3, -0.25) is 9.59 Å². The van der Waals surface area contributed by atoms with E-state index in [0.717, 1.165) is 32.8 Å². The van der Waals surface area contributed by atoms with Crippen molar-refractivity contribution in [3.8, 4) is 0 Å². The van der Waals surface area contributed by atoms with Gasteiger partial charge in [-0.1, -0.05) is 83.5 Å². The Labute approximate surface area is 232 Å². The van der Waals surface area contributed by atoms with Gasteiger partial charge in [0.2, 0.25) is 0 Å². The van der Waals surface area contributed by atoms with E-state index in [1.165, 1.54) is 17.3 Å². The van der Waals surface area contributed by atoms with E-state index in [1.807, 2.05) is 59.5 Å². The van der Waals surface area contributed by atoms with Crippen molar-refractivity contribution >= 4 is 46.9 Å². The first-order chi connectivity index (χ1) is 18.4. The number of fused-ring (bicyclic) bond motifs is 1. The molecule has 0 saturated carbocycles. The number of para-hydroxylation sites is 1. The minimum atomic E-state index is -0.157. The Morgan fingerprint density at radius 1 is 0.947 bits per heavy atom. The van der Waals surface area contributed by atoms with Crippen molar-refractivity contribution < 1.29 is 9.59 Å².